The molecule has 15 heavy (non-hydrogen) atoms. The maximum atomic E-state index is 12.9. The van der Waals surface area contributed by atoms with Crippen LogP contribution >= 0.6 is 23.2 Å². The van der Waals surface area contributed by atoms with Gasteiger partial charge in [0.05, 0.1) is 0 Å². The second-order valence-electron chi connectivity index (χ2n) is 3.53. The van der Waals surface area contributed by atoms with Gasteiger partial charge >= 0.3 is 5.38 Å². The summed E-state index contributed by atoms with van der Waals surface area (Å²) >= 11 is 10.6. The largest absolute Gasteiger partial charge is 0.378 e. The van der Waals surface area contributed by atoms with Gasteiger partial charge in [-0.1, -0.05) is 23.7 Å². The van der Waals surface area contributed by atoms with Crippen molar-refractivity contribution in [1.82, 2.24) is 0 Å². The SMILES string of the molecule is Cc1ccc(C(C)(O)C(F)(F)Cl)cc1Cl. The van der Waals surface area contributed by atoms with Crippen molar-refractivity contribution in [2.45, 2.75) is 24.8 Å². The smallest absolute Gasteiger partial charge is 0.353 e. The predicted octanol–water partition coefficient (Wildman–Crippen LogP) is 3.69. The molecule has 5 heteroatoms. The van der Waals surface area contributed by atoms with Gasteiger partial charge in [-0.2, -0.15) is 8.78 Å². The Kier molecular flexibility index (Phi) is 3.29. The summed E-state index contributed by atoms with van der Waals surface area (Å²) in [5.74, 6) is 0. The molecule has 84 valence electrons. The van der Waals surface area contributed by atoms with Gasteiger partial charge in [-0.3, -0.25) is 0 Å². The van der Waals surface area contributed by atoms with Crippen molar-refractivity contribution in [3.05, 3.63) is 34.3 Å². The zero-order chi connectivity index (χ0) is 11.9. The summed E-state index contributed by atoms with van der Waals surface area (Å²) in [5.41, 5.74) is -1.71. The molecule has 0 amide bonds. The maximum Gasteiger partial charge on any atom is 0.353 e. The summed E-state index contributed by atoms with van der Waals surface area (Å²) in [6.07, 6.45) is 0. The zero-order valence-electron chi connectivity index (χ0n) is 8.19. The lowest BCUT2D eigenvalue weighted by Gasteiger charge is -2.28. The summed E-state index contributed by atoms with van der Waals surface area (Å²) in [6.45, 7) is 2.68. The van der Waals surface area contributed by atoms with Crippen LogP contribution in [0.1, 0.15) is 18.1 Å². The molecular formula is C10H10Cl2F2O. The Morgan fingerprint density at radius 1 is 1.33 bits per heavy atom. The lowest BCUT2D eigenvalue weighted by atomic mass is 9.95. The van der Waals surface area contributed by atoms with E-state index < -0.39 is 11.0 Å². The summed E-state index contributed by atoms with van der Waals surface area (Å²) < 4.78 is 25.8. The highest BCUT2D eigenvalue weighted by Crippen LogP contribution is 2.41. The molecule has 0 fully saturated rings. The van der Waals surface area contributed by atoms with E-state index in [2.05, 4.69) is 0 Å². The Morgan fingerprint density at radius 2 is 1.87 bits per heavy atom. The predicted molar refractivity (Wildman–Crippen MR) is 56.6 cm³/mol. The van der Waals surface area contributed by atoms with Crippen LogP contribution in [-0.2, 0) is 5.60 Å². The summed E-state index contributed by atoms with van der Waals surface area (Å²) in [6, 6.07) is 4.21. The highest BCUT2D eigenvalue weighted by Gasteiger charge is 2.48. The monoisotopic (exact) mass is 254 g/mol. The molecule has 1 unspecified atom stereocenters. The van der Waals surface area contributed by atoms with Gasteiger partial charge in [0, 0.05) is 5.02 Å². The molecule has 0 spiro atoms. The van der Waals surface area contributed by atoms with Gasteiger partial charge < -0.3 is 5.11 Å². The molecule has 0 radical (unpaired) electrons. The molecule has 0 heterocycles. The third-order valence-corrected chi connectivity index (χ3v) is 3.06. The second-order valence-corrected chi connectivity index (χ2v) is 4.42. The summed E-state index contributed by atoms with van der Waals surface area (Å²) in [5, 5.41) is 6.17. The minimum atomic E-state index is -3.74. The van der Waals surface area contributed by atoms with Crippen molar-refractivity contribution in [3.8, 4) is 0 Å². The van der Waals surface area contributed by atoms with Crippen molar-refractivity contribution in [3.63, 3.8) is 0 Å². The van der Waals surface area contributed by atoms with Gasteiger partial charge in [-0.15, -0.1) is 0 Å². The molecule has 0 saturated carbocycles. The normalized spacial score (nSPS) is 16.2. The highest BCUT2D eigenvalue weighted by atomic mass is 35.5. The standard InChI is InChI=1S/C10H10Cl2F2O/c1-6-3-4-7(5-8(6)11)9(2,15)10(12,13)14/h3-5,15H,1-2H3. The fraction of sp³-hybridized carbons (Fsp3) is 0.400. The lowest BCUT2D eigenvalue weighted by Crippen LogP contribution is -2.38. The fourth-order valence-electron chi connectivity index (χ4n) is 1.06. The quantitative estimate of drug-likeness (QED) is 0.799. The fourth-order valence-corrected chi connectivity index (χ4v) is 1.35. The van der Waals surface area contributed by atoms with Crippen molar-refractivity contribution in [2.24, 2.45) is 0 Å². The Morgan fingerprint density at radius 3 is 2.27 bits per heavy atom. The van der Waals surface area contributed by atoms with E-state index in [0.29, 0.717) is 5.02 Å². The minimum absolute atomic E-state index is 0.0156. The molecule has 1 nitrogen and oxygen atoms in total. The van der Waals surface area contributed by atoms with Gasteiger partial charge in [0.25, 0.3) is 0 Å². The van der Waals surface area contributed by atoms with E-state index >= 15 is 0 Å². The number of benzene rings is 1. The number of halogens is 4. The summed E-state index contributed by atoms with van der Waals surface area (Å²) in [7, 11) is 0. The number of alkyl halides is 3. The van der Waals surface area contributed by atoms with Crippen LogP contribution in [0.3, 0.4) is 0 Å². The van der Waals surface area contributed by atoms with E-state index in [1.807, 2.05) is 0 Å². The molecule has 0 saturated heterocycles. The van der Waals surface area contributed by atoms with E-state index in [9.17, 15) is 13.9 Å². The van der Waals surface area contributed by atoms with Gasteiger partial charge in [0.1, 0.15) is 0 Å². The molecule has 1 N–H and O–H groups in total. The first kappa shape index (κ1) is 12.7. The van der Waals surface area contributed by atoms with E-state index in [1.54, 1.807) is 13.0 Å². The average Bonchev–Trinajstić information content (AvgIpc) is 2.07. The molecule has 1 aromatic carbocycles. The minimum Gasteiger partial charge on any atom is -0.378 e. The van der Waals surface area contributed by atoms with Crippen LogP contribution in [0.5, 0.6) is 0 Å². The van der Waals surface area contributed by atoms with Gasteiger partial charge in [0.15, 0.2) is 5.60 Å². The first-order valence-electron chi connectivity index (χ1n) is 4.22. The van der Waals surface area contributed by atoms with Gasteiger partial charge in [-0.25, -0.2) is 0 Å². The number of hydrogen-bond donors (Lipinski definition) is 1. The molecule has 1 rings (SSSR count). The molecule has 1 atom stereocenters. The van der Waals surface area contributed by atoms with Crippen LogP contribution in [0, 0.1) is 6.92 Å². The average molecular weight is 255 g/mol. The third kappa shape index (κ3) is 2.41. The highest BCUT2D eigenvalue weighted by molar-refractivity contribution is 6.31. The zero-order valence-corrected chi connectivity index (χ0v) is 9.70. The maximum absolute atomic E-state index is 12.9. The van der Waals surface area contributed by atoms with Gasteiger partial charge in [-0.05, 0) is 42.6 Å². The molecule has 0 aliphatic heterocycles. The number of rotatable bonds is 2. The Hall–Kier alpha value is -0.380. The van der Waals surface area contributed by atoms with E-state index in [4.69, 9.17) is 23.2 Å². The van der Waals surface area contributed by atoms with Crippen LogP contribution in [0.4, 0.5) is 8.78 Å². The molecule has 0 bridgehead atoms. The Labute approximate surface area is 96.6 Å². The van der Waals surface area contributed by atoms with Crippen molar-refractivity contribution < 1.29 is 13.9 Å². The second kappa shape index (κ2) is 3.89. The molecule has 1 aromatic rings. The molecular weight excluding hydrogens is 245 g/mol. The van der Waals surface area contributed by atoms with Crippen molar-refractivity contribution in [1.29, 1.82) is 0 Å². The van der Waals surface area contributed by atoms with Crippen LogP contribution in [0.25, 0.3) is 0 Å². The Balaban J connectivity index is 3.22. The Bertz CT molecular complexity index is 372. The van der Waals surface area contributed by atoms with Crippen molar-refractivity contribution in [2.75, 3.05) is 0 Å². The summed E-state index contributed by atoms with van der Waals surface area (Å²) in [4.78, 5) is 0. The van der Waals surface area contributed by atoms with Crippen LogP contribution in [0.15, 0.2) is 18.2 Å². The van der Waals surface area contributed by atoms with E-state index in [-0.39, 0.29) is 5.56 Å². The van der Waals surface area contributed by atoms with E-state index in [0.717, 1.165) is 12.5 Å². The van der Waals surface area contributed by atoms with Crippen molar-refractivity contribution >= 4 is 23.2 Å². The van der Waals surface area contributed by atoms with Crippen LogP contribution in [-0.4, -0.2) is 10.5 Å². The molecule has 0 aliphatic rings. The number of aryl methyl sites for hydroxylation is 1. The molecule has 0 aliphatic carbocycles. The van der Waals surface area contributed by atoms with Crippen LogP contribution in [0.2, 0.25) is 5.02 Å². The van der Waals surface area contributed by atoms with E-state index in [1.165, 1.54) is 12.1 Å². The van der Waals surface area contributed by atoms with Gasteiger partial charge in [0.2, 0.25) is 0 Å². The van der Waals surface area contributed by atoms with Crippen LogP contribution < -0.4 is 0 Å². The number of aliphatic hydroxyl groups is 1. The topological polar surface area (TPSA) is 20.2 Å². The first-order valence-corrected chi connectivity index (χ1v) is 4.97. The first-order chi connectivity index (χ1) is 6.66. The molecule has 0 aromatic heterocycles. The third-order valence-electron chi connectivity index (χ3n) is 2.29. The number of hydrogen-bond acceptors (Lipinski definition) is 1. The lowest BCUT2D eigenvalue weighted by molar-refractivity contribution is -0.120.